The molecule has 3 aromatic carbocycles. The first-order valence-electron chi connectivity index (χ1n) is 10.9. The van der Waals surface area contributed by atoms with Crippen molar-refractivity contribution in [2.24, 2.45) is 5.92 Å². The number of hydrogen-bond donors (Lipinski definition) is 1. The predicted molar refractivity (Wildman–Crippen MR) is 128 cm³/mol. The van der Waals surface area contributed by atoms with Crippen molar-refractivity contribution in [3.05, 3.63) is 95.6 Å². The lowest BCUT2D eigenvalue weighted by molar-refractivity contribution is -0.147. The van der Waals surface area contributed by atoms with Crippen molar-refractivity contribution in [3.8, 4) is 0 Å². The van der Waals surface area contributed by atoms with E-state index in [9.17, 15) is 19.2 Å². The lowest BCUT2D eigenvalue weighted by atomic mass is 10.1. The van der Waals surface area contributed by atoms with Crippen molar-refractivity contribution in [2.45, 2.75) is 13.3 Å². The average Bonchev–Trinajstić information content (AvgIpc) is 3.25. The van der Waals surface area contributed by atoms with Gasteiger partial charge in [-0.25, -0.2) is 0 Å². The van der Waals surface area contributed by atoms with Crippen molar-refractivity contribution in [2.75, 3.05) is 23.4 Å². The Hall–Kier alpha value is -4.26. The summed E-state index contributed by atoms with van der Waals surface area (Å²) in [4.78, 5) is 51.1. The monoisotopic (exact) mass is 456 g/mol. The molecule has 34 heavy (non-hydrogen) atoms. The van der Waals surface area contributed by atoms with Crippen LogP contribution in [0.5, 0.6) is 0 Å². The van der Waals surface area contributed by atoms with Crippen LogP contribution in [0.15, 0.2) is 78.9 Å². The molecular formula is C27H24N2O5. The van der Waals surface area contributed by atoms with Crippen molar-refractivity contribution in [3.63, 3.8) is 0 Å². The number of ketones is 1. The number of rotatable bonds is 7. The van der Waals surface area contributed by atoms with E-state index in [1.165, 1.54) is 0 Å². The number of carbonyl (C=O) groups is 4. The van der Waals surface area contributed by atoms with Crippen molar-refractivity contribution < 1.29 is 23.9 Å². The van der Waals surface area contributed by atoms with Crippen LogP contribution in [-0.2, 0) is 14.3 Å². The van der Waals surface area contributed by atoms with Crippen LogP contribution in [0, 0.1) is 12.8 Å². The Morgan fingerprint density at radius 3 is 2.26 bits per heavy atom. The van der Waals surface area contributed by atoms with E-state index in [4.69, 9.17) is 4.74 Å². The zero-order chi connectivity index (χ0) is 24.1. The Bertz CT molecular complexity index is 1200. The minimum atomic E-state index is -0.614. The normalized spacial score (nSPS) is 15.1. The lowest BCUT2D eigenvalue weighted by Gasteiger charge is -2.16. The largest absolute Gasteiger partial charge is 0.457 e. The van der Waals surface area contributed by atoms with Crippen LogP contribution in [0.25, 0.3) is 0 Å². The van der Waals surface area contributed by atoms with Crippen LogP contribution in [0.1, 0.15) is 32.7 Å². The van der Waals surface area contributed by atoms with Gasteiger partial charge in [0, 0.05) is 35.5 Å². The molecule has 1 aliphatic rings. The lowest BCUT2D eigenvalue weighted by Crippen LogP contribution is -2.27. The number of esters is 1. The smallest absolute Gasteiger partial charge is 0.311 e. The van der Waals surface area contributed by atoms with Crippen LogP contribution >= 0.6 is 0 Å². The van der Waals surface area contributed by atoms with E-state index < -0.39 is 18.5 Å². The first-order valence-corrected chi connectivity index (χ1v) is 10.9. The molecule has 1 atom stereocenters. The summed E-state index contributed by atoms with van der Waals surface area (Å²) in [6.45, 7) is 1.77. The molecule has 0 spiro atoms. The molecule has 0 bridgehead atoms. The van der Waals surface area contributed by atoms with Gasteiger partial charge in [-0.05, 0) is 55.5 Å². The second-order valence-electron chi connectivity index (χ2n) is 8.17. The fourth-order valence-corrected chi connectivity index (χ4v) is 3.71. The molecule has 0 aromatic heterocycles. The third-order valence-corrected chi connectivity index (χ3v) is 5.65. The maximum atomic E-state index is 12.5. The van der Waals surface area contributed by atoms with Gasteiger partial charge in [-0.3, -0.25) is 19.2 Å². The highest BCUT2D eigenvalue weighted by atomic mass is 16.5. The third-order valence-electron chi connectivity index (χ3n) is 5.65. The molecule has 0 saturated carbocycles. The number of nitrogens with one attached hydrogen (secondary N) is 1. The second-order valence-corrected chi connectivity index (χ2v) is 8.17. The summed E-state index contributed by atoms with van der Waals surface area (Å²) in [5, 5.41) is 2.76. The van der Waals surface area contributed by atoms with Gasteiger partial charge in [0.25, 0.3) is 5.91 Å². The van der Waals surface area contributed by atoms with Crippen LogP contribution in [-0.4, -0.2) is 36.7 Å². The van der Waals surface area contributed by atoms with E-state index in [1.54, 1.807) is 53.4 Å². The zero-order valence-corrected chi connectivity index (χ0v) is 18.7. The molecule has 7 heteroatoms. The highest BCUT2D eigenvalue weighted by molar-refractivity contribution is 6.05. The zero-order valence-electron chi connectivity index (χ0n) is 18.7. The molecule has 1 heterocycles. The van der Waals surface area contributed by atoms with Crippen LogP contribution < -0.4 is 10.2 Å². The Labute approximate surface area is 197 Å². The molecular weight excluding hydrogens is 432 g/mol. The number of hydrogen-bond acceptors (Lipinski definition) is 5. The van der Waals surface area contributed by atoms with Crippen molar-refractivity contribution in [1.82, 2.24) is 0 Å². The van der Waals surface area contributed by atoms with E-state index in [0.717, 1.165) is 11.3 Å². The first-order chi connectivity index (χ1) is 16.4. The van der Waals surface area contributed by atoms with Gasteiger partial charge in [0.2, 0.25) is 5.91 Å². The quantitative estimate of drug-likeness (QED) is 0.428. The molecule has 1 unspecified atom stereocenters. The number of carbonyl (C=O) groups excluding carboxylic acids is 4. The highest BCUT2D eigenvalue weighted by Gasteiger charge is 2.36. The number of amides is 2. The van der Waals surface area contributed by atoms with Crippen molar-refractivity contribution in [1.29, 1.82) is 0 Å². The van der Waals surface area contributed by atoms with Gasteiger partial charge in [0.15, 0.2) is 12.4 Å². The molecule has 1 saturated heterocycles. The Morgan fingerprint density at radius 1 is 0.912 bits per heavy atom. The number of aryl methyl sites for hydroxylation is 1. The molecule has 3 aromatic rings. The first kappa shape index (κ1) is 22.9. The Kier molecular flexibility index (Phi) is 6.82. The van der Waals surface area contributed by atoms with E-state index in [2.05, 4.69) is 5.32 Å². The van der Waals surface area contributed by atoms with Gasteiger partial charge < -0.3 is 15.0 Å². The number of nitrogens with zero attached hydrogens (tertiary/aromatic N) is 1. The minimum Gasteiger partial charge on any atom is -0.457 e. The molecule has 4 rings (SSSR count). The van der Waals surface area contributed by atoms with E-state index in [-0.39, 0.29) is 30.6 Å². The van der Waals surface area contributed by atoms with Crippen LogP contribution in [0.3, 0.4) is 0 Å². The number of benzene rings is 3. The summed E-state index contributed by atoms with van der Waals surface area (Å²) in [7, 11) is 0. The van der Waals surface area contributed by atoms with Gasteiger partial charge in [0.05, 0.1) is 5.92 Å². The maximum absolute atomic E-state index is 12.5. The standard InChI is InChI=1S/C27H24N2O5/c1-18-7-13-23(14-8-18)29-16-21(15-25(29)31)27(33)34-17-24(30)19-9-11-22(12-10-19)28-26(32)20-5-3-2-4-6-20/h2-14,21H,15-17H2,1H3,(H,28,32). The average molecular weight is 456 g/mol. The molecule has 1 aliphatic heterocycles. The molecule has 1 fully saturated rings. The van der Waals surface area contributed by atoms with Gasteiger partial charge in [0.1, 0.15) is 0 Å². The topological polar surface area (TPSA) is 92.8 Å². The molecule has 7 nitrogen and oxygen atoms in total. The summed E-state index contributed by atoms with van der Waals surface area (Å²) in [5.41, 5.74) is 3.25. The van der Waals surface area contributed by atoms with Crippen molar-refractivity contribution >= 4 is 34.9 Å². The Balaban J connectivity index is 1.28. The molecule has 0 radical (unpaired) electrons. The molecule has 1 N–H and O–H groups in total. The summed E-state index contributed by atoms with van der Waals surface area (Å²) in [6.07, 6.45) is 0.0523. The number of ether oxygens (including phenoxy) is 1. The minimum absolute atomic E-state index is 0.0523. The summed E-state index contributed by atoms with van der Waals surface area (Å²) < 4.78 is 5.21. The summed E-state index contributed by atoms with van der Waals surface area (Å²) in [6, 6.07) is 22.7. The van der Waals surface area contributed by atoms with E-state index in [0.29, 0.717) is 16.8 Å². The number of Topliss-reactive ketones (excluding diaryl/α,β-unsaturated/α-hetero) is 1. The molecule has 2 amide bonds. The highest BCUT2D eigenvalue weighted by Crippen LogP contribution is 2.26. The fourth-order valence-electron chi connectivity index (χ4n) is 3.71. The van der Waals surface area contributed by atoms with Gasteiger partial charge in [-0.1, -0.05) is 35.9 Å². The maximum Gasteiger partial charge on any atom is 0.311 e. The van der Waals surface area contributed by atoms with Crippen LogP contribution in [0.2, 0.25) is 0 Å². The van der Waals surface area contributed by atoms with E-state index >= 15 is 0 Å². The Morgan fingerprint density at radius 2 is 1.59 bits per heavy atom. The predicted octanol–water partition coefficient (Wildman–Crippen LogP) is 4.03. The third kappa shape index (κ3) is 5.38. The van der Waals surface area contributed by atoms with E-state index in [1.807, 2.05) is 37.3 Å². The van der Waals surface area contributed by atoms with Gasteiger partial charge >= 0.3 is 5.97 Å². The van der Waals surface area contributed by atoms with Crippen LogP contribution in [0.4, 0.5) is 11.4 Å². The van der Waals surface area contributed by atoms with Gasteiger partial charge in [-0.2, -0.15) is 0 Å². The number of anilines is 2. The summed E-state index contributed by atoms with van der Waals surface area (Å²) in [5.74, 6) is -1.95. The summed E-state index contributed by atoms with van der Waals surface area (Å²) >= 11 is 0. The molecule has 172 valence electrons. The second kappa shape index (κ2) is 10.1. The van der Waals surface area contributed by atoms with Gasteiger partial charge in [-0.15, -0.1) is 0 Å². The fraction of sp³-hybridized carbons (Fsp3) is 0.185. The SMILES string of the molecule is Cc1ccc(N2CC(C(=O)OCC(=O)c3ccc(NC(=O)c4ccccc4)cc3)CC2=O)cc1. The molecule has 0 aliphatic carbocycles.